The Morgan fingerprint density at radius 1 is 0.667 bits per heavy atom. The summed E-state index contributed by atoms with van der Waals surface area (Å²) in [6, 6.07) is 0. The molecule has 0 bridgehead atoms. The fourth-order valence-electron chi connectivity index (χ4n) is 2.07. The number of hydrogen-bond donors (Lipinski definition) is 0. The lowest BCUT2D eigenvalue weighted by Gasteiger charge is -2.28. The van der Waals surface area contributed by atoms with Gasteiger partial charge in [-0.25, -0.2) is 0 Å². The first-order valence-corrected chi connectivity index (χ1v) is 8.62. The van der Waals surface area contributed by atoms with E-state index in [1.54, 1.807) is 0 Å². The molecule has 2 saturated heterocycles. The van der Waals surface area contributed by atoms with Gasteiger partial charge in [0.05, 0.1) is 0 Å². The Labute approximate surface area is 133 Å². The average Bonchev–Trinajstić information content (AvgIpc) is 2.55. The van der Waals surface area contributed by atoms with Crippen LogP contribution in [0.4, 0.5) is 0 Å². The third kappa shape index (κ3) is 13.0. The molecule has 2 heterocycles. The first-order chi connectivity index (χ1) is 10.1. The lowest BCUT2D eigenvalue weighted by molar-refractivity contribution is -0.112. The second-order valence-electron chi connectivity index (χ2n) is 5.38. The zero-order chi connectivity index (χ0) is 16.7. The van der Waals surface area contributed by atoms with Crippen LogP contribution in [0.3, 0.4) is 0 Å². The molecule has 4 nitrogen and oxygen atoms in total. The molecule has 0 N–H and O–H groups in total. The molecule has 2 rings (SSSR count). The van der Waals surface area contributed by atoms with Gasteiger partial charge in [0.2, 0.25) is 0 Å². The topological polar surface area (TPSA) is 26.8 Å². The van der Waals surface area contributed by atoms with Crippen molar-refractivity contribution in [3.05, 3.63) is 0 Å². The van der Waals surface area contributed by atoms with Crippen molar-refractivity contribution in [3.8, 4) is 0 Å². The zero-order valence-electron chi connectivity index (χ0n) is 15.6. The van der Waals surface area contributed by atoms with Crippen molar-refractivity contribution in [2.24, 2.45) is 5.92 Å². The maximum atomic E-state index is 10.2. The highest BCUT2D eigenvalue weighted by Gasteiger charge is 2.14. The highest BCUT2D eigenvalue weighted by Crippen LogP contribution is 2.12. The molecular weight excluding hydrogens is 262 g/mol. The Bertz CT molecular complexity index is 198. The fraction of sp³-hybridized carbons (Fsp3) is 0.941. The molecule has 128 valence electrons. The van der Waals surface area contributed by atoms with Crippen LogP contribution in [0.1, 0.15) is 40.5 Å². The minimum atomic E-state index is 0.348. The molecule has 21 heavy (non-hydrogen) atoms. The van der Waals surface area contributed by atoms with Gasteiger partial charge in [0.15, 0.2) is 0 Å². The van der Waals surface area contributed by atoms with Crippen LogP contribution in [0, 0.1) is 5.92 Å². The first kappa shape index (κ1) is 22.8. The highest BCUT2D eigenvalue weighted by atomic mass is 16.1. The Kier molecular flexibility index (Phi) is 17.3. The van der Waals surface area contributed by atoms with Gasteiger partial charge in [0.1, 0.15) is 6.29 Å². The molecule has 0 aromatic rings. The summed E-state index contributed by atoms with van der Waals surface area (Å²) < 4.78 is 0. The Morgan fingerprint density at radius 3 is 1.24 bits per heavy atom. The van der Waals surface area contributed by atoms with E-state index >= 15 is 0 Å². The van der Waals surface area contributed by atoms with Crippen molar-refractivity contribution in [1.29, 1.82) is 0 Å². The predicted octanol–water partition coefficient (Wildman–Crippen LogP) is 2.44. The van der Waals surface area contributed by atoms with Crippen molar-refractivity contribution < 1.29 is 4.79 Å². The van der Waals surface area contributed by atoms with Crippen molar-refractivity contribution >= 4 is 6.29 Å². The second kappa shape index (κ2) is 15.9. The van der Waals surface area contributed by atoms with Gasteiger partial charge in [-0.05, 0) is 47.1 Å². The van der Waals surface area contributed by atoms with E-state index < -0.39 is 0 Å². The minimum absolute atomic E-state index is 0.348. The highest BCUT2D eigenvalue weighted by molar-refractivity contribution is 5.53. The Hall–Kier alpha value is -0.450. The van der Waals surface area contributed by atoms with Gasteiger partial charge in [0, 0.05) is 32.1 Å². The van der Waals surface area contributed by atoms with Gasteiger partial charge in [-0.1, -0.05) is 27.7 Å². The molecule has 0 unspecified atom stereocenters. The SMILES string of the molecule is CC.CC.CN1CCC(C=O)CC1.CN1CCN(C)CC1. The lowest BCUT2D eigenvalue weighted by Crippen LogP contribution is -2.42. The molecule has 2 aliphatic rings. The number of piperidine rings is 1. The molecule has 4 heteroatoms. The first-order valence-electron chi connectivity index (χ1n) is 8.62. The van der Waals surface area contributed by atoms with Gasteiger partial charge in [0.25, 0.3) is 0 Å². The molecule has 2 fully saturated rings. The molecule has 0 radical (unpaired) electrons. The van der Waals surface area contributed by atoms with Gasteiger partial charge < -0.3 is 19.5 Å². The molecular formula is C17H39N3O. The van der Waals surface area contributed by atoms with Crippen LogP contribution < -0.4 is 0 Å². The van der Waals surface area contributed by atoms with Gasteiger partial charge in [-0.3, -0.25) is 0 Å². The van der Waals surface area contributed by atoms with E-state index in [-0.39, 0.29) is 0 Å². The Morgan fingerprint density at radius 2 is 0.952 bits per heavy atom. The lowest BCUT2D eigenvalue weighted by atomic mass is 9.99. The Balaban J connectivity index is 0. The summed E-state index contributed by atoms with van der Waals surface area (Å²) in [5.41, 5.74) is 0. The molecule has 0 atom stereocenters. The third-order valence-corrected chi connectivity index (χ3v) is 3.68. The summed E-state index contributed by atoms with van der Waals surface area (Å²) >= 11 is 0. The number of likely N-dealkylation sites (N-methyl/N-ethyl adjacent to an activating group) is 2. The van der Waals surface area contributed by atoms with E-state index in [4.69, 9.17) is 0 Å². The van der Waals surface area contributed by atoms with Crippen LogP contribution in [-0.4, -0.2) is 81.4 Å². The number of piperazine rings is 1. The van der Waals surface area contributed by atoms with Gasteiger partial charge in [-0.2, -0.15) is 0 Å². The van der Waals surface area contributed by atoms with Crippen LogP contribution in [0.5, 0.6) is 0 Å². The fourth-order valence-corrected chi connectivity index (χ4v) is 2.07. The number of rotatable bonds is 1. The van der Waals surface area contributed by atoms with E-state index in [1.807, 2.05) is 27.7 Å². The monoisotopic (exact) mass is 301 g/mol. The third-order valence-electron chi connectivity index (χ3n) is 3.68. The summed E-state index contributed by atoms with van der Waals surface area (Å²) in [4.78, 5) is 17.2. The van der Waals surface area contributed by atoms with E-state index in [0.29, 0.717) is 5.92 Å². The molecule has 0 aliphatic carbocycles. The van der Waals surface area contributed by atoms with E-state index in [2.05, 4.69) is 35.8 Å². The molecule has 0 aromatic carbocycles. The van der Waals surface area contributed by atoms with Crippen molar-refractivity contribution in [2.45, 2.75) is 40.5 Å². The van der Waals surface area contributed by atoms with Crippen LogP contribution in [-0.2, 0) is 4.79 Å². The number of likely N-dealkylation sites (tertiary alicyclic amines) is 1. The second-order valence-corrected chi connectivity index (χ2v) is 5.38. The summed E-state index contributed by atoms with van der Waals surface area (Å²) in [5.74, 6) is 0.348. The van der Waals surface area contributed by atoms with Crippen LogP contribution in [0.25, 0.3) is 0 Å². The van der Waals surface area contributed by atoms with Crippen molar-refractivity contribution in [2.75, 3.05) is 60.4 Å². The number of carbonyl (C=O) groups excluding carboxylic acids is 1. The molecule has 0 saturated carbocycles. The quantitative estimate of drug-likeness (QED) is 0.695. The van der Waals surface area contributed by atoms with Crippen LogP contribution >= 0.6 is 0 Å². The molecule has 0 aromatic heterocycles. The zero-order valence-corrected chi connectivity index (χ0v) is 15.6. The normalized spacial score (nSPS) is 20.9. The summed E-state index contributed by atoms with van der Waals surface area (Å²) in [7, 11) is 6.45. The summed E-state index contributed by atoms with van der Waals surface area (Å²) in [6.07, 6.45) is 3.20. The van der Waals surface area contributed by atoms with E-state index in [1.165, 1.54) is 26.2 Å². The van der Waals surface area contributed by atoms with Crippen LogP contribution in [0.15, 0.2) is 0 Å². The molecule has 2 aliphatic heterocycles. The number of hydrogen-bond acceptors (Lipinski definition) is 4. The van der Waals surface area contributed by atoms with Crippen molar-refractivity contribution in [3.63, 3.8) is 0 Å². The number of carbonyl (C=O) groups is 1. The molecule has 0 amide bonds. The van der Waals surface area contributed by atoms with E-state index in [9.17, 15) is 4.79 Å². The average molecular weight is 302 g/mol. The van der Waals surface area contributed by atoms with Crippen molar-refractivity contribution in [1.82, 2.24) is 14.7 Å². The smallest absolute Gasteiger partial charge is 0.123 e. The van der Waals surface area contributed by atoms with Crippen LogP contribution in [0.2, 0.25) is 0 Å². The maximum Gasteiger partial charge on any atom is 0.123 e. The standard InChI is InChI=1S/C7H13NO.C6H14N2.2C2H6/c1-8-4-2-7(6-9)3-5-8;1-7-3-5-8(2)6-4-7;2*1-2/h6-7H,2-5H2,1H3;3-6H2,1-2H3;2*1-2H3. The largest absolute Gasteiger partial charge is 0.306 e. The number of nitrogens with zero attached hydrogens (tertiary/aromatic N) is 3. The van der Waals surface area contributed by atoms with Gasteiger partial charge in [-0.15, -0.1) is 0 Å². The summed E-state index contributed by atoms with van der Waals surface area (Å²) in [6.45, 7) is 15.1. The number of aldehydes is 1. The summed E-state index contributed by atoms with van der Waals surface area (Å²) in [5, 5.41) is 0. The predicted molar refractivity (Wildman–Crippen MR) is 94.0 cm³/mol. The van der Waals surface area contributed by atoms with E-state index in [0.717, 1.165) is 32.2 Å². The maximum absolute atomic E-state index is 10.2. The minimum Gasteiger partial charge on any atom is -0.306 e. The molecule has 0 spiro atoms. The van der Waals surface area contributed by atoms with Gasteiger partial charge >= 0.3 is 0 Å².